The Kier molecular flexibility index (Phi) is 7.99. The fourth-order valence-electron chi connectivity index (χ4n) is 2.74. The van der Waals surface area contributed by atoms with Gasteiger partial charge in [0.2, 0.25) is 6.41 Å². The van der Waals surface area contributed by atoms with Crippen LogP contribution in [0.15, 0.2) is 66.7 Å². The minimum Gasteiger partial charge on any atom is -0.486 e. The van der Waals surface area contributed by atoms with Gasteiger partial charge in [0, 0.05) is 23.9 Å². The molecule has 0 spiro atoms. The zero-order chi connectivity index (χ0) is 20.4. The molecule has 0 fully saturated rings. The molecule has 0 radical (unpaired) electrons. The van der Waals surface area contributed by atoms with Gasteiger partial charge in [0.25, 0.3) is 0 Å². The SMILES string of the molecule is CNc1cccc(C)c1COc1cccc(-c2ccccc2)c1F.NNC=O. The Morgan fingerprint density at radius 3 is 2.36 bits per heavy atom. The van der Waals surface area contributed by atoms with Crippen LogP contribution in [0.2, 0.25) is 0 Å². The summed E-state index contributed by atoms with van der Waals surface area (Å²) in [5.74, 6) is 4.34. The maximum atomic E-state index is 14.8. The van der Waals surface area contributed by atoms with E-state index < -0.39 is 0 Å². The number of ether oxygens (including phenoxy) is 1. The highest BCUT2D eigenvalue weighted by Gasteiger charge is 2.12. The highest BCUT2D eigenvalue weighted by molar-refractivity contribution is 5.66. The van der Waals surface area contributed by atoms with Crippen molar-refractivity contribution in [1.29, 1.82) is 0 Å². The first-order chi connectivity index (χ1) is 13.6. The van der Waals surface area contributed by atoms with Gasteiger partial charge in [-0.05, 0) is 30.2 Å². The smallest absolute Gasteiger partial charge is 0.221 e. The maximum absolute atomic E-state index is 14.8. The molecule has 0 aliphatic rings. The quantitative estimate of drug-likeness (QED) is 0.261. The van der Waals surface area contributed by atoms with E-state index in [9.17, 15) is 4.39 Å². The van der Waals surface area contributed by atoms with E-state index in [1.807, 2.05) is 68.6 Å². The molecule has 146 valence electrons. The molecule has 3 rings (SSSR count). The molecule has 0 saturated heterocycles. The van der Waals surface area contributed by atoms with Crippen molar-refractivity contribution in [2.24, 2.45) is 5.84 Å². The van der Waals surface area contributed by atoms with E-state index in [2.05, 4.69) is 11.2 Å². The van der Waals surface area contributed by atoms with Gasteiger partial charge in [-0.15, -0.1) is 0 Å². The molecule has 0 aliphatic carbocycles. The number of anilines is 1. The Labute approximate surface area is 164 Å². The molecule has 0 heterocycles. The minimum atomic E-state index is -0.330. The van der Waals surface area contributed by atoms with Crippen molar-refractivity contribution >= 4 is 12.1 Å². The Morgan fingerprint density at radius 2 is 1.71 bits per heavy atom. The van der Waals surface area contributed by atoms with Crippen molar-refractivity contribution < 1.29 is 13.9 Å². The number of hydrogen-bond donors (Lipinski definition) is 3. The third-order valence-electron chi connectivity index (χ3n) is 4.17. The first-order valence-corrected chi connectivity index (χ1v) is 8.75. The van der Waals surface area contributed by atoms with Crippen molar-refractivity contribution in [1.82, 2.24) is 5.43 Å². The van der Waals surface area contributed by atoms with Crippen molar-refractivity contribution in [2.45, 2.75) is 13.5 Å². The topological polar surface area (TPSA) is 76.4 Å². The van der Waals surface area contributed by atoms with Crippen molar-refractivity contribution in [2.75, 3.05) is 12.4 Å². The van der Waals surface area contributed by atoms with Crippen LogP contribution in [-0.2, 0) is 11.4 Å². The number of hydrazine groups is 1. The standard InChI is InChI=1S/C21H20FNO.CH4N2O/c1-15-8-6-12-19(23-2)18(15)14-24-20-13-7-11-17(21(20)22)16-9-4-3-5-10-16;2-3-1-4/h3-13,23H,14H2,1-2H3;1H,2H2,(H,3,4). The molecule has 0 atom stereocenters. The second kappa shape index (κ2) is 10.7. The number of carbonyl (C=O) groups is 1. The lowest BCUT2D eigenvalue weighted by atomic mass is 10.0. The minimum absolute atomic E-state index is 0.265. The third kappa shape index (κ3) is 5.31. The van der Waals surface area contributed by atoms with E-state index >= 15 is 0 Å². The van der Waals surface area contributed by atoms with Gasteiger partial charge in [-0.2, -0.15) is 0 Å². The molecule has 3 aromatic carbocycles. The number of amides is 1. The van der Waals surface area contributed by atoms with Crippen LogP contribution < -0.4 is 21.3 Å². The molecule has 6 heteroatoms. The molecule has 0 bridgehead atoms. The average Bonchev–Trinajstić information content (AvgIpc) is 2.74. The van der Waals surface area contributed by atoms with Gasteiger partial charge in [-0.1, -0.05) is 54.6 Å². The van der Waals surface area contributed by atoms with Gasteiger partial charge in [0.15, 0.2) is 11.6 Å². The van der Waals surface area contributed by atoms with Gasteiger partial charge in [-0.3, -0.25) is 10.2 Å². The Hall–Kier alpha value is -3.38. The summed E-state index contributed by atoms with van der Waals surface area (Å²) in [5.41, 5.74) is 6.28. The number of rotatable bonds is 6. The summed E-state index contributed by atoms with van der Waals surface area (Å²) in [5, 5.41) is 3.15. The van der Waals surface area contributed by atoms with Gasteiger partial charge in [-0.25, -0.2) is 10.2 Å². The van der Waals surface area contributed by atoms with Crippen molar-refractivity contribution in [3.05, 3.63) is 83.7 Å². The number of benzene rings is 3. The summed E-state index contributed by atoms with van der Waals surface area (Å²) in [6.07, 6.45) is 0.403. The second-order valence-corrected chi connectivity index (χ2v) is 5.91. The van der Waals surface area contributed by atoms with E-state index in [0.717, 1.165) is 22.4 Å². The number of carbonyl (C=O) groups excluding carboxylic acids is 1. The highest BCUT2D eigenvalue weighted by atomic mass is 19.1. The molecular weight excluding hydrogens is 357 g/mol. The first kappa shape index (κ1) is 20.9. The van der Waals surface area contributed by atoms with Crippen LogP contribution in [0.4, 0.5) is 10.1 Å². The Bertz CT molecular complexity index is 902. The third-order valence-corrected chi connectivity index (χ3v) is 4.17. The van der Waals surface area contributed by atoms with Crippen LogP contribution in [-0.4, -0.2) is 13.5 Å². The van der Waals surface area contributed by atoms with Crippen molar-refractivity contribution in [3.63, 3.8) is 0 Å². The number of hydrogen-bond acceptors (Lipinski definition) is 4. The average molecular weight is 381 g/mol. The number of aryl methyl sites for hydroxylation is 1. The molecule has 3 aromatic rings. The van der Waals surface area contributed by atoms with Crippen LogP contribution in [0.3, 0.4) is 0 Å². The van der Waals surface area contributed by atoms with E-state index in [0.29, 0.717) is 18.6 Å². The van der Waals surface area contributed by atoms with Gasteiger partial charge < -0.3 is 10.1 Å². The first-order valence-electron chi connectivity index (χ1n) is 8.75. The number of nitrogens with two attached hydrogens (primary N) is 1. The van der Waals surface area contributed by atoms with Crippen molar-refractivity contribution in [3.8, 4) is 16.9 Å². The summed E-state index contributed by atoms with van der Waals surface area (Å²) >= 11 is 0. The lowest BCUT2D eigenvalue weighted by molar-refractivity contribution is -0.109. The molecule has 4 N–H and O–H groups in total. The summed E-state index contributed by atoms with van der Waals surface area (Å²) in [7, 11) is 1.87. The summed E-state index contributed by atoms with van der Waals surface area (Å²) in [4.78, 5) is 8.94. The number of nitrogens with one attached hydrogen (secondary N) is 2. The molecule has 1 amide bonds. The van der Waals surface area contributed by atoms with E-state index in [4.69, 9.17) is 9.53 Å². The fraction of sp³-hybridized carbons (Fsp3) is 0.136. The zero-order valence-corrected chi connectivity index (χ0v) is 15.9. The zero-order valence-electron chi connectivity index (χ0n) is 15.9. The predicted molar refractivity (Wildman–Crippen MR) is 110 cm³/mol. The number of halogens is 1. The van der Waals surface area contributed by atoms with Gasteiger partial charge in [0.05, 0.1) is 0 Å². The van der Waals surface area contributed by atoms with E-state index in [-0.39, 0.29) is 11.6 Å². The summed E-state index contributed by atoms with van der Waals surface area (Å²) < 4.78 is 20.6. The van der Waals surface area contributed by atoms with Crippen LogP contribution in [0, 0.1) is 12.7 Å². The molecular formula is C22H24FN3O2. The largest absolute Gasteiger partial charge is 0.486 e. The molecule has 0 aromatic heterocycles. The predicted octanol–water partition coefficient (Wildman–Crippen LogP) is 4.03. The van der Waals surface area contributed by atoms with Gasteiger partial charge in [0.1, 0.15) is 6.61 Å². The normalized spacial score (nSPS) is 9.71. The second-order valence-electron chi connectivity index (χ2n) is 5.91. The molecule has 5 nitrogen and oxygen atoms in total. The summed E-state index contributed by atoms with van der Waals surface area (Å²) in [6.45, 7) is 2.34. The molecule has 0 unspecified atom stereocenters. The Balaban J connectivity index is 0.000000640. The molecule has 28 heavy (non-hydrogen) atoms. The lowest BCUT2D eigenvalue weighted by Gasteiger charge is -2.15. The van der Waals surface area contributed by atoms with Crippen LogP contribution >= 0.6 is 0 Å². The lowest BCUT2D eigenvalue weighted by Crippen LogP contribution is -2.18. The Morgan fingerprint density at radius 1 is 1.04 bits per heavy atom. The highest BCUT2D eigenvalue weighted by Crippen LogP contribution is 2.30. The van der Waals surface area contributed by atoms with Crippen LogP contribution in [0.5, 0.6) is 5.75 Å². The van der Waals surface area contributed by atoms with Crippen LogP contribution in [0.1, 0.15) is 11.1 Å². The van der Waals surface area contributed by atoms with E-state index in [1.165, 1.54) is 0 Å². The maximum Gasteiger partial charge on any atom is 0.221 e. The van der Waals surface area contributed by atoms with Crippen LogP contribution in [0.25, 0.3) is 11.1 Å². The fourth-order valence-corrected chi connectivity index (χ4v) is 2.74. The van der Waals surface area contributed by atoms with E-state index in [1.54, 1.807) is 17.6 Å². The summed E-state index contributed by atoms with van der Waals surface area (Å²) in [6, 6.07) is 20.7. The molecule has 0 saturated carbocycles. The van der Waals surface area contributed by atoms with Gasteiger partial charge >= 0.3 is 0 Å². The monoisotopic (exact) mass is 381 g/mol. The molecule has 0 aliphatic heterocycles.